The number of alkyl halides is 11. The van der Waals surface area contributed by atoms with Crippen molar-refractivity contribution in [3.05, 3.63) is 0 Å². The Hall–Kier alpha value is 0.390. The Balaban J connectivity index is 5.55. The molecule has 0 nitrogen and oxygen atoms in total. The van der Waals surface area contributed by atoms with Crippen LogP contribution in [0, 0.1) is 0 Å². The van der Waals surface area contributed by atoms with E-state index in [2.05, 4.69) is 0 Å². The normalized spacial score (nSPS) is 17.1. The van der Waals surface area contributed by atoms with E-state index in [1.165, 1.54) is 0 Å². The maximum Gasteiger partial charge on any atom is 0.460 e. The van der Waals surface area contributed by atoms with Gasteiger partial charge < -0.3 is 0 Å². The third-order valence-corrected chi connectivity index (χ3v) is 3.75. The smallest absolute Gasteiger partial charge is 0.198 e. The average Bonchev–Trinajstić information content (AvgIpc) is 2.13. The molecule has 0 fully saturated rings. The lowest BCUT2D eigenvalue weighted by molar-refractivity contribution is -0.394. The largest absolute Gasteiger partial charge is 0.460 e. The number of hydrogen-bond acceptors (Lipinski definition) is 0. The van der Waals surface area contributed by atoms with Crippen LogP contribution < -0.4 is 0 Å². The van der Waals surface area contributed by atoms with Crippen LogP contribution in [-0.2, 0) is 0 Å². The van der Waals surface area contributed by atoms with Gasteiger partial charge in [-0.15, -0.1) is 11.6 Å². The second-order valence-electron chi connectivity index (χ2n) is 2.89. The Labute approximate surface area is 108 Å². The van der Waals surface area contributed by atoms with E-state index >= 15 is 0 Å². The molecule has 1 unspecified atom stereocenters. The van der Waals surface area contributed by atoms with Crippen molar-refractivity contribution >= 4 is 34.2 Å². The SMILES string of the molecule is FC(F)(F)C(F)(F)C(F)(F)C(F)(F)C(I)CCl. The molecule has 104 valence electrons. The summed E-state index contributed by atoms with van der Waals surface area (Å²) in [6.45, 7) is 0. The fourth-order valence-electron chi connectivity index (χ4n) is 0.681. The summed E-state index contributed by atoms with van der Waals surface area (Å²) in [6, 6.07) is 0. The van der Waals surface area contributed by atoms with Crippen LogP contribution in [0.15, 0.2) is 0 Å². The zero-order chi connectivity index (χ0) is 14.3. The maximum atomic E-state index is 12.8. The van der Waals surface area contributed by atoms with E-state index in [0.717, 1.165) is 0 Å². The minimum Gasteiger partial charge on any atom is -0.198 e. The Morgan fingerprint density at radius 3 is 1.41 bits per heavy atom. The molecule has 0 aliphatic heterocycles. The van der Waals surface area contributed by atoms with Crippen LogP contribution >= 0.6 is 34.2 Å². The molecule has 17 heavy (non-hydrogen) atoms. The van der Waals surface area contributed by atoms with Gasteiger partial charge in [0.05, 0.1) is 3.92 Å². The molecule has 0 saturated heterocycles. The summed E-state index contributed by atoms with van der Waals surface area (Å²) >= 11 is 5.34. The Bertz CT molecular complexity index is 273. The van der Waals surface area contributed by atoms with Gasteiger partial charge in [0.2, 0.25) is 0 Å². The molecule has 0 amide bonds. The van der Waals surface area contributed by atoms with E-state index in [0.29, 0.717) is 22.6 Å². The second kappa shape index (κ2) is 4.82. The van der Waals surface area contributed by atoms with Crippen molar-refractivity contribution in [1.29, 1.82) is 0 Å². The van der Waals surface area contributed by atoms with Gasteiger partial charge in [-0.05, 0) is 0 Å². The van der Waals surface area contributed by atoms with Crippen molar-refractivity contribution in [3.8, 4) is 0 Å². The molecule has 0 bridgehead atoms. The summed E-state index contributed by atoms with van der Waals surface area (Å²) in [5.41, 5.74) is 0. The maximum absolute atomic E-state index is 12.8. The molecule has 1 atom stereocenters. The molecular formula is C6H3ClF9I. The highest BCUT2D eigenvalue weighted by Gasteiger charge is 2.82. The number of rotatable bonds is 4. The van der Waals surface area contributed by atoms with E-state index in [1.54, 1.807) is 0 Å². The molecule has 0 aromatic rings. The summed E-state index contributed by atoms with van der Waals surface area (Å²) in [5.74, 6) is -20.2. The second-order valence-corrected chi connectivity index (χ2v) is 4.70. The van der Waals surface area contributed by atoms with E-state index < -0.39 is 33.7 Å². The highest BCUT2D eigenvalue weighted by molar-refractivity contribution is 14.1. The molecule has 0 saturated carbocycles. The highest BCUT2D eigenvalue weighted by Crippen LogP contribution is 2.55. The van der Waals surface area contributed by atoms with Crippen LogP contribution in [0.5, 0.6) is 0 Å². The van der Waals surface area contributed by atoms with Gasteiger partial charge in [0.25, 0.3) is 0 Å². The first kappa shape index (κ1) is 17.4. The first-order valence-electron chi connectivity index (χ1n) is 3.63. The molecule has 11 heteroatoms. The fraction of sp³-hybridized carbons (Fsp3) is 1.00. The predicted molar refractivity (Wildman–Crippen MR) is 49.4 cm³/mol. The minimum atomic E-state index is -6.85. The van der Waals surface area contributed by atoms with Crippen molar-refractivity contribution in [3.63, 3.8) is 0 Å². The fourth-order valence-corrected chi connectivity index (χ4v) is 1.27. The van der Waals surface area contributed by atoms with Crippen LogP contribution in [0.1, 0.15) is 0 Å². The minimum absolute atomic E-state index is 0.579. The van der Waals surface area contributed by atoms with Gasteiger partial charge in [-0.25, -0.2) is 0 Å². The molecule has 0 rings (SSSR count). The quantitative estimate of drug-likeness (QED) is 0.365. The summed E-state index contributed by atoms with van der Waals surface area (Å²) in [4.78, 5) is 0. The lowest BCUT2D eigenvalue weighted by Crippen LogP contribution is -2.63. The summed E-state index contributed by atoms with van der Waals surface area (Å²) in [7, 11) is 0. The average molecular weight is 408 g/mol. The first-order valence-corrected chi connectivity index (χ1v) is 5.41. The van der Waals surface area contributed by atoms with Gasteiger partial charge in [-0.3, -0.25) is 0 Å². The number of hydrogen-bond donors (Lipinski definition) is 0. The molecule has 0 heterocycles. The van der Waals surface area contributed by atoms with Crippen molar-refractivity contribution < 1.29 is 39.5 Å². The van der Waals surface area contributed by atoms with Crippen LogP contribution in [0.3, 0.4) is 0 Å². The van der Waals surface area contributed by atoms with Gasteiger partial charge in [0.1, 0.15) is 0 Å². The summed E-state index contributed by atoms with van der Waals surface area (Å²) in [5, 5.41) is 0. The summed E-state index contributed by atoms with van der Waals surface area (Å²) in [6.07, 6.45) is -6.79. The van der Waals surface area contributed by atoms with Crippen LogP contribution in [0.4, 0.5) is 39.5 Å². The van der Waals surface area contributed by atoms with Gasteiger partial charge >= 0.3 is 23.9 Å². The van der Waals surface area contributed by atoms with Gasteiger partial charge in [0.15, 0.2) is 0 Å². The van der Waals surface area contributed by atoms with Gasteiger partial charge in [-0.1, -0.05) is 22.6 Å². The van der Waals surface area contributed by atoms with Gasteiger partial charge in [-0.2, -0.15) is 39.5 Å². The lowest BCUT2D eigenvalue weighted by atomic mass is 10.0. The third kappa shape index (κ3) is 2.71. The van der Waals surface area contributed by atoms with E-state index in [4.69, 9.17) is 11.6 Å². The summed E-state index contributed by atoms with van der Waals surface area (Å²) < 4.78 is 108. The van der Waals surface area contributed by atoms with Crippen molar-refractivity contribution in [2.45, 2.75) is 27.9 Å². The highest BCUT2D eigenvalue weighted by atomic mass is 127. The van der Waals surface area contributed by atoms with E-state index in [1.807, 2.05) is 0 Å². The van der Waals surface area contributed by atoms with Crippen molar-refractivity contribution in [2.75, 3.05) is 5.88 Å². The third-order valence-electron chi connectivity index (χ3n) is 1.70. The zero-order valence-corrected chi connectivity index (χ0v) is 10.4. The van der Waals surface area contributed by atoms with E-state index in [9.17, 15) is 39.5 Å². The molecule has 0 N–H and O–H groups in total. The molecule has 0 aliphatic carbocycles. The van der Waals surface area contributed by atoms with Gasteiger partial charge in [0, 0.05) is 5.88 Å². The Morgan fingerprint density at radius 2 is 1.18 bits per heavy atom. The lowest BCUT2D eigenvalue weighted by Gasteiger charge is -2.35. The molecule has 0 aliphatic rings. The first-order chi connectivity index (χ1) is 7.23. The molecule has 0 aromatic heterocycles. The van der Waals surface area contributed by atoms with Crippen molar-refractivity contribution in [2.24, 2.45) is 0 Å². The topological polar surface area (TPSA) is 0 Å². The van der Waals surface area contributed by atoms with Crippen LogP contribution in [0.2, 0.25) is 0 Å². The molecule has 0 spiro atoms. The van der Waals surface area contributed by atoms with Crippen LogP contribution in [0.25, 0.3) is 0 Å². The van der Waals surface area contributed by atoms with E-state index in [-0.39, 0.29) is 0 Å². The van der Waals surface area contributed by atoms with Crippen LogP contribution in [-0.4, -0.2) is 33.7 Å². The molecule has 0 aromatic carbocycles. The standard InChI is InChI=1S/C6H3ClF9I/c7-1-2(17)3(8,9)4(10,11)5(12,13)6(14,15)16/h2H,1H2. The number of halogens is 11. The monoisotopic (exact) mass is 408 g/mol. The Morgan fingerprint density at radius 1 is 0.824 bits per heavy atom. The molecular weight excluding hydrogens is 405 g/mol. The molecule has 0 radical (unpaired) electrons. The van der Waals surface area contributed by atoms with Crippen molar-refractivity contribution in [1.82, 2.24) is 0 Å². The zero-order valence-electron chi connectivity index (χ0n) is 7.44. The Kier molecular flexibility index (Phi) is 4.93. The predicted octanol–water partition coefficient (Wildman–Crippen LogP) is 4.50.